The molecular formula is C6H9NO. The second-order valence-corrected chi connectivity index (χ2v) is 1.88. The lowest BCUT2D eigenvalue weighted by Crippen LogP contribution is -2.17. The van der Waals surface area contributed by atoms with E-state index < -0.39 is 0 Å². The summed E-state index contributed by atoms with van der Waals surface area (Å²) in [5.41, 5.74) is 0. The topological polar surface area (TPSA) is 29.1 Å². The highest BCUT2D eigenvalue weighted by Crippen LogP contribution is 2.07. The third-order valence-electron chi connectivity index (χ3n) is 1.33. The Bertz CT molecular complexity index is 128. The van der Waals surface area contributed by atoms with E-state index in [-0.39, 0.29) is 11.8 Å². The Morgan fingerprint density at radius 1 is 1.88 bits per heavy atom. The van der Waals surface area contributed by atoms with E-state index in [2.05, 4.69) is 5.32 Å². The van der Waals surface area contributed by atoms with Crippen LogP contribution >= 0.6 is 0 Å². The first kappa shape index (κ1) is 5.35. The van der Waals surface area contributed by atoms with Gasteiger partial charge in [-0.1, -0.05) is 13.0 Å². The number of nitrogens with one attached hydrogen (secondary N) is 1. The van der Waals surface area contributed by atoms with Crippen molar-refractivity contribution in [2.24, 2.45) is 5.92 Å². The minimum Gasteiger partial charge on any atom is -0.332 e. The fraction of sp³-hybridized carbons (Fsp3) is 0.500. The largest absolute Gasteiger partial charge is 0.332 e. The Balaban J connectivity index is 2.53. The molecule has 1 heterocycles. The Hall–Kier alpha value is -0.790. The van der Waals surface area contributed by atoms with Gasteiger partial charge >= 0.3 is 0 Å². The molecule has 2 heteroatoms. The molecule has 1 atom stereocenters. The maximum atomic E-state index is 10.6. The van der Waals surface area contributed by atoms with Crippen LogP contribution in [0, 0.1) is 5.92 Å². The molecule has 0 saturated carbocycles. The van der Waals surface area contributed by atoms with E-state index in [9.17, 15) is 4.79 Å². The van der Waals surface area contributed by atoms with Gasteiger partial charge in [0, 0.05) is 6.20 Å². The molecule has 1 N–H and O–H groups in total. The molecule has 44 valence electrons. The van der Waals surface area contributed by atoms with Gasteiger partial charge in [-0.25, -0.2) is 0 Å². The lowest BCUT2D eigenvalue weighted by Gasteiger charge is -1.97. The molecule has 0 saturated heterocycles. The lowest BCUT2D eigenvalue weighted by molar-refractivity contribution is -0.121. The Kier molecular flexibility index (Phi) is 1.33. The van der Waals surface area contributed by atoms with Gasteiger partial charge in [0.25, 0.3) is 0 Å². The predicted octanol–water partition coefficient (Wildman–Crippen LogP) is 0.656. The normalized spacial score (nSPS) is 26.1. The van der Waals surface area contributed by atoms with E-state index in [4.69, 9.17) is 0 Å². The fourth-order valence-corrected chi connectivity index (χ4v) is 0.762. The first-order valence-corrected chi connectivity index (χ1v) is 2.81. The molecule has 0 fully saturated rings. The standard InChI is InChI=1S/C6H9NO/c1-2-5-3-4-7-6(5)8/h3-5H,2H2,1H3,(H,7,8). The van der Waals surface area contributed by atoms with E-state index in [0.717, 1.165) is 6.42 Å². The number of rotatable bonds is 1. The maximum absolute atomic E-state index is 10.6. The third-order valence-corrected chi connectivity index (χ3v) is 1.33. The van der Waals surface area contributed by atoms with Crippen molar-refractivity contribution in [3.05, 3.63) is 12.3 Å². The summed E-state index contributed by atoms with van der Waals surface area (Å²) in [5.74, 6) is 0.266. The van der Waals surface area contributed by atoms with Crippen molar-refractivity contribution in [3.8, 4) is 0 Å². The second kappa shape index (κ2) is 1.99. The summed E-state index contributed by atoms with van der Waals surface area (Å²) >= 11 is 0. The van der Waals surface area contributed by atoms with Crippen molar-refractivity contribution in [2.75, 3.05) is 0 Å². The van der Waals surface area contributed by atoms with E-state index in [1.54, 1.807) is 6.20 Å². The molecule has 1 rings (SSSR count). The Morgan fingerprint density at radius 2 is 2.62 bits per heavy atom. The number of carbonyl (C=O) groups is 1. The van der Waals surface area contributed by atoms with Gasteiger partial charge in [-0.3, -0.25) is 4.79 Å². The van der Waals surface area contributed by atoms with Crippen LogP contribution in [-0.2, 0) is 4.79 Å². The first-order chi connectivity index (χ1) is 3.84. The summed E-state index contributed by atoms with van der Waals surface area (Å²) < 4.78 is 0. The van der Waals surface area contributed by atoms with Crippen LogP contribution in [0.15, 0.2) is 12.3 Å². The molecule has 0 aromatic carbocycles. The van der Waals surface area contributed by atoms with Crippen molar-refractivity contribution in [2.45, 2.75) is 13.3 Å². The number of hydrogen-bond donors (Lipinski definition) is 1. The van der Waals surface area contributed by atoms with E-state index >= 15 is 0 Å². The molecule has 8 heavy (non-hydrogen) atoms. The fourth-order valence-electron chi connectivity index (χ4n) is 0.762. The minimum atomic E-state index is 0.132. The van der Waals surface area contributed by atoms with Crippen LogP contribution in [0.4, 0.5) is 0 Å². The molecule has 2 nitrogen and oxygen atoms in total. The zero-order valence-corrected chi connectivity index (χ0v) is 4.85. The van der Waals surface area contributed by atoms with E-state index in [0.29, 0.717) is 0 Å². The molecule has 0 aromatic rings. The van der Waals surface area contributed by atoms with Crippen LogP contribution < -0.4 is 5.32 Å². The second-order valence-electron chi connectivity index (χ2n) is 1.88. The van der Waals surface area contributed by atoms with Crippen LogP contribution in [0.5, 0.6) is 0 Å². The van der Waals surface area contributed by atoms with Crippen molar-refractivity contribution < 1.29 is 4.79 Å². The van der Waals surface area contributed by atoms with Gasteiger partial charge in [0.2, 0.25) is 5.91 Å². The average molecular weight is 111 g/mol. The average Bonchev–Trinajstić information content (AvgIpc) is 2.14. The van der Waals surface area contributed by atoms with Gasteiger partial charge in [0.1, 0.15) is 0 Å². The van der Waals surface area contributed by atoms with Gasteiger partial charge < -0.3 is 5.32 Å². The van der Waals surface area contributed by atoms with Gasteiger partial charge in [0.05, 0.1) is 5.92 Å². The molecule has 0 radical (unpaired) electrons. The zero-order valence-electron chi connectivity index (χ0n) is 4.85. The van der Waals surface area contributed by atoms with E-state index in [1.807, 2.05) is 13.0 Å². The molecule has 1 aliphatic rings. The van der Waals surface area contributed by atoms with Gasteiger partial charge in [0.15, 0.2) is 0 Å². The van der Waals surface area contributed by atoms with Gasteiger partial charge in [-0.15, -0.1) is 0 Å². The zero-order chi connectivity index (χ0) is 5.98. The van der Waals surface area contributed by atoms with Crippen LogP contribution in [0.25, 0.3) is 0 Å². The van der Waals surface area contributed by atoms with Crippen LogP contribution in [-0.4, -0.2) is 5.91 Å². The summed E-state index contributed by atoms with van der Waals surface area (Å²) in [7, 11) is 0. The molecule has 1 unspecified atom stereocenters. The molecule has 0 aromatic heterocycles. The highest BCUT2D eigenvalue weighted by Gasteiger charge is 2.15. The highest BCUT2D eigenvalue weighted by atomic mass is 16.2. The van der Waals surface area contributed by atoms with Crippen molar-refractivity contribution in [3.63, 3.8) is 0 Å². The Morgan fingerprint density at radius 3 is 2.88 bits per heavy atom. The van der Waals surface area contributed by atoms with E-state index in [1.165, 1.54) is 0 Å². The van der Waals surface area contributed by atoms with Crippen molar-refractivity contribution in [1.29, 1.82) is 0 Å². The van der Waals surface area contributed by atoms with Crippen LogP contribution in [0.1, 0.15) is 13.3 Å². The molecule has 0 aliphatic carbocycles. The van der Waals surface area contributed by atoms with Crippen LogP contribution in [0.3, 0.4) is 0 Å². The van der Waals surface area contributed by atoms with Crippen molar-refractivity contribution >= 4 is 5.91 Å². The molecule has 0 spiro atoms. The maximum Gasteiger partial charge on any atom is 0.230 e. The summed E-state index contributed by atoms with van der Waals surface area (Å²) in [6.07, 6.45) is 4.50. The van der Waals surface area contributed by atoms with Gasteiger partial charge in [-0.2, -0.15) is 0 Å². The van der Waals surface area contributed by atoms with Crippen LogP contribution in [0.2, 0.25) is 0 Å². The number of hydrogen-bond acceptors (Lipinski definition) is 1. The van der Waals surface area contributed by atoms with Crippen molar-refractivity contribution in [1.82, 2.24) is 5.32 Å². The lowest BCUT2D eigenvalue weighted by atomic mass is 10.1. The van der Waals surface area contributed by atoms with Gasteiger partial charge in [-0.05, 0) is 6.42 Å². The summed E-state index contributed by atoms with van der Waals surface area (Å²) in [6, 6.07) is 0. The third kappa shape index (κ3) is 0.735. The minimum absolute atomic E-state index is 0.132. The smallest absolute Gasteiger partial charge is 0.230 e. The monoisotopic (exact) mass is 111 g/mol. The molecule has 1 amide bonds. The number of carbonyl (C=O) groups excluding carboxylic acids is 1. The summed E-state index contributed by atoms with van der Waals surface area (Å²) in [4.78, 5) is 10.6. The molecular weight excluding hydrogens is 102 g/mol. The quantitative estimate of drug-likeness (QED) is 0.529. The SMILES string of the molecule is CCC1C=CNC1=O. The Labute approximate surface area is 48.6 Å². The first-order valence-electron chi connectivity index (χ1n) is 2.81. The number of amides is 1. The summed E-state index contributed by atoms with van der Waals surface area (Å²) in [6.45, 7) is 2.00. The summed E-state index contributed by atoms with van der Waals surface area (Å²) in [5, 5.41) is 2.60. The molecule has 0 bridgehead atoms. The highest BCUT2D eigenvalue weighted by molar-refractivity contribution is 5.83. The predicted molar refractivity (Wildman–Crippen MR) is 31.1 cm³/mol. The molecule has 1 aliphatic heterocycles.